The second-order valence-corrected chi connectivity index (χ2v) is 5.73. The zero-order valence-corrected chi connectivity index (χ0v) is 13.2. The molecule has 2 bridgehead atoms. The van der Waals surface area contributed by atoms with Crippen molar-refractivity contribution in [1.29, 1.82) is 0 Å². The smallest absolute Gasteiger partial charge is 0.341 e. The van der Waals surface area contributed by atoms with Crippen LogP contribution in [0, 0.1) is 0 Å². The predicted molar refractivity (Wildman–Crippen MR) is 83.7 cm³/mol. The Kier molecular flexibility index (Phi) is 6.44. The Bertz CT molecular complexity index is 455. The fourth-order valence-electron chi connectivity index (χ4n) is 2.53. The lowest BCUT2D eigenvalue weighted by Crippen LogP contribution is -2.23. The van der Waals surface area contributed by atoms with Crippen LogP contribution in [0.1, 0.15) is 79.0 Å². The number of fused-ring (bicyclic) bond motifs is 6. The first-order valence-corrected chi connectivity index (χ1v) is 8.22. The molecule has 2 aliphatic heterocycles. The molecule has 2 aliphatic rings. The SMILES string of the molecule is CCCCCCCCCC1OC(=O)c2ccc(cc2)C(=O)O1. The molecular weight excluding hydrogens is 280 g/mol. The van der Waals surface area contributed by atoms with Crippen LogP contribution in [0.15, 0.2) is 24.3 Å². The fourth-order valence-corrected chi connectivity index (χ4v) is 2.53. The van der Waals surface area contributed by atoms with Gasteiger partial charge in [0.1, 0.15) is 0 Å². The zero-order valence-electron chi connectivity index (χ0n) is 13.2. The van der Waals surface area contributed by atoms with Crippen LogP contribution < -0.4 is 0 Å². The van der Waals surface area contributed by atoms with Crippen LogP contribution >= 0.6 is 0 Å². The van der Waals surface area contributed by atoms with E-state index >= 15 is 0 Å². The first-order chi connectivity index (χ1) is 10.7. The lowest BCUT2D eigenvalue weighted by molar-refractivity contribution is -0.0833. The van der Waals surface area contributed by atoms with Gasteiger partial charge in [0.05, 0.1) is 11.1 Å². The van der Waals surface area contributed by atoms with Crippen LogP contribution in [0.25, 0.3) is 0 Å². The largest absolute Gasteiger partial charge is 0.422 e. The Morgan fingerprint density at radius 3 is 1.73 bits per heavy atom. The molecule has 0 atom stereocenters. The van der Waals surface area contributed by atoms with Gasteiger partial charge < -0.3 is 9.47 Å². The number of esters is 2. The van der Waals surface area contributed by atoms with Crippen molar-refractivity contribution in [2.45, 2.75) is 64.6 Å². The first-order valence-electron chi connectivity index (χ1n) is 8.22. The van der Waals surface area contributed by atoms with E-state index in [9.17, 15) is 9.59 Å². The van der Waals surface area contributed by atoms with E-state index in [1.807, 2.05) is 0 Å². The Balaban J connectivity index is 1.78. The molecular formula is C18H24O4. The van der Waals surface area contributed by atoms with Crippen molar-refractivity contribution in [2.24, 2.45) is 0 Å². The Labute approximate surface area is 131 Å². The summed E-state index contributed by atoms with van der Waals surface area (Å²) in [5.41, 5.74) is 0.901. The standard InChI is InChI=1S/C18H24O4/c1-2-3-4-5-6-7-8-9-16-21-17(19)14-10-11-15(13-12-14)18(20)22-16/h10-13,16H,2-9H2,1H3. The fraction of sp³-hybridized carbons (Fsp3) is 0.556. The van der Waals surface area contributed by atoms with Gasteiger partial charge in [-0.1, -0.05) is 45.4 Å². The molecule has 0 fully saturated rings. The van der Waals surface area contributed by atoms with Gasteiger partial charge in [-0.25, -0.2) is 9.59 Å². The second kappa shape index (κ2) is 8.57. The molecule has 0 N–H and O–H groups in total. The van der Waals surface area contributed by atoms with Gasteiger partial charge in [0.25, 0.3) is 0 Å². The molecule has 2 heterocycles. The molecule has 0 radical (unpaired) electrons. The summed E-state index contributed by atoms with van der Waals surface area (Å²) in [6, 6.07) is 6.37. The molecule has 3 rings (SSSR count). The van der Waals surface area contributed by atoms with Crippen LogP contribution in [0.3, 0.4) is 0 Å². The Hall–Kier alpha value is -1.84. The monoisotopic (exact) mass is 304 g/mol. The molecule has 0 saturated heterocycles. The number of carbonyl (C=O) groups is 2. The number of benzene rings is 1. The first kappa shape index (κ1) is 16.5. The van der Waals surface area contributed by atoms with Crippen molar-refractivity contribution in [3.63, 3.8) is 0 Å². The summed E-state index contributed by atoms with van der Waals surface area (Å²) in [6.45, 7) is 2.20. The van der Waals surface area contributed by atoms with Gasteiger partial charge in [0.15, 0.2) is 0 Å². The molecule has 0 saturated carbocycles. The molecule has 22 heavy (non-hydrogen) atoms. The molecule has 1 aromatic carbocycles. The second-order valence-electron chi connectivity index (χ2n) is 5.73. The van der Waals surface area contributed by atoms with Crippen LogP contribution in [0.2, 0.25) is 0 Å². The van der Waals surface area contributed by atoms with Gasteiger partial charge in [-0.15, -0.1) is 0 Å². The molecule has 0 spiro atoms. The van der Waals surface area contributed by atoms with Crippen molar-refractivity contribution in [2.75, 3.05) is 0 Å². The van der Waals surface area contributed by atoms with Gasteiger partial charge >= 0.3 is 11.9 Å². The van der Waals surface area contributed by atoms with Crippen molar-refractivity contribution in [1.82, 2.24) is 0 Å². The third-order valence-corrected chi connectivity index (χ3v) is 3.88. The highest BCUT2D eigenvalue weighted by molar-refractivity contribution is 5.94. The number of ether oxygens (including phenoxy) is 2. The minimum atomic E-state index is -0.777. The van der Waals surface area contributed by atoms with E-state index in [1.165, 1.54) is 32.1 Å². The van der Waals surface area contributed by atoms with Crippen molar-refractivity contribution >= 4 is 11.9 Å². The Morgan fingerprint density at radius 1 is 0.773 bits per heavy atom. The molecule has 0 unspecified atom stereocenters. The van der Waals surface area contributed by atoms with Gasteiger partial charge in [0, 0.05) is 6.42 Å². The summed E-state index contributed by atoms with van der Waals surface area (Å²) in [5, 5.41) is 0. The molecule has 120 valence electrons. The highest BCUT2D eigenvalue weighted by Crippen LogP contribution is 2.18. The lowest BCUT2D eigenvalue weighted by Gasteiger charge is -2.17. The zero-order chi connectivity index (χ0) is 15.8. The Morgan fingerprint density at radius 2 is 1.23 bits per heavy atom. The summed E-state index contributed by atoms with van der Waals surface area (Å²) in [5.74, 6) is -0.872. The average Bonchev–Trinajstić information content (AvgIpc) is 2.61. The van der Waals surface area contributed by atoms with E-state index in [1.54, 1.807) is 24.3 Å². The van der Waals surface area contributed by atoms with E-state index in [0.29, 0.717) is 17.5 Å². The maximum atomic E-state index is 11.9. The highest BCUT2D eigenvalue weighted by Gasteiger charge is 2.23. The summed E-state index contributed by atoms with van der Waals surface area (Å²) < 4.78 is 10.6. The quantitative estimate of drug-likeness (QED) is 0.525. The van der Waals surface area contributed by atoms with Crippen LogP contribution in [0.4, 0.5) is 0 Å². The molecule has 0 amide bonds. The molecule has 4 nitrogen and oxygen atoms in total. The average molecular weight is 304 g/mol. The summed E-state index contributed by atoms with van der Waals surface area (Å²) >= 11 is 0. The van der Waals surface area contributed by atoms with E-state index in [2.05, 4.69) is 6.92 Å². The van der Waals surface area contributed by atoms with Crippen LogP contribution in [-0.2, 0) is 9.47 Å². The number of hydrogen-bond donors (Lipinski definition) is 0. The van der Waals surface area contributed by atoms with Gasteiger partial charge in [-0.2, -0.15) is 0 Å². The van der Waals surface area contributed by atoms with E-state index < -0.39 is 18.2 Å². The topological polar surface area (TPSA) is 52.6 Å². The van der Waals surface area contributed by atoms with Crippen LogP contribution in [0.5, 0.6) is 0 Å². The van der Waals surface area contributed by atoms with Gasteiger partial charge in [0.2, 0.25) is 6.29 Å². The minimum absolute atomic E-state index is 0.436. The van der Waals surface area contributed by atoms with Crippen molar-refractivity contribution in [3.05, 3.63) is 35.4 Å². The van der Waals surface area contributed by atoms with Gasteiger partial charge in [-0.05, 0) is 30.7 Å². The van der Waals surface area contributed by atoms with Crippen LogP contribution in [-0.4, -0.2) is 18.2 Å². The molecule has 0 aromatic heterocycles. The molecule has 1 aromatic rings. The van der Waals surface area contributed by atoms with E-state index in [0.717, 1.165) is 12.8 Å². The minimum Gasteiger partial charge on any atom is -0.422 e. The number of unbranched alkanes of at least 4 members (excludes halogenated alkanes) is 6. The van der Waals surface area contributed by atoms with E-state index in [-0.39, 0.29) is 0 Å². The maximum Gasteiger partial charge on any atom is 0.341 e. The number of hydrogen-bond acceptors (Lipinski definition) is 4. The summed E-state index contributed by atoms with van der Waals surface area (Å²) in [4.78, 5) is 23.9. The number of carbonyl (C=O) groups excluding carboxylic acids is 2. The van der Waals surface area contributed by atoms with Crippen molar-refractivity contribution < 1.29 is 19.1 Å². The maximum absolute atomic E-state index is 11.9. The summed E-state index contributed by atoms with van der Waals surface area (Å²) in [6.07, 6.45) is 7.96. The van der Waals surface area contributed by atoms with E-state index in [4.69, 9.17) is 9.47 Å². The molecule has 4 heteroatoms. The summed E-state index contributed by atoms with van der Waals surface area (Å²) in [7, 11) is 0. The molecule has 0 aliphatic carbocycles. The normalized spacial score (nSPS) is 15.0. The highest BCUT2D eigenvalue weighted by atomic mass is 16.7. The third kappa shape index (κ3) is 4.86. The number of rotatable bonds is 8. The van der Waals surface area contributed by atoms with Crippen molar-refractivity contribution in [3.8, 4) is 0 Å². The third-order valence-electron chi connectivity index (χ3n) is 3.88. The van der Waals surface area contributed by atoms with Gasteiger partial charge in [-0.3, -0.25) is 0 Å². The predicted octanol–water partition coefficient (Wildman–Crippen LogP) is 4.48. The lowest BCUT2D eigenvalue weighted by atomic mass is 10.1.